The van der Waals surface area contributed by atoms with Crippen LogP contribution in [-0.2, 0) is 9.47 Å². The molecular weight excluding hydrogens is 226 g/mol. The molecule has 1 aliphatic carbocycles. The van der Waals surface area contributed by atoms with E-state index >= 15 is 0 Å². The van der Waals surface area contributed by atoms with Gasteiger partial charge in [0.1, 0.15) is 0 Å². The van der Waals surface area contributed by atoms with Gasteiger partial charge in [-0.3, -0.25) is 0 Å². The Morgan fingerprint density at radius 2 is 1.83 bits per heavy atom. The molecule has 0 aromatic heterocycles. The second-order valence-electron chi connectivity index (χ2n) is 6.92. The van der Waals surface area contributed by atoms with Crippen LogP contribution in [0.1, 0.15) is 59.3 Å². The average Bonchev–Trinajstić information content (AvgIpc) is 2.69. The Labute approximate surface area is 111 Å². The van der Waals surface area contributed by atoms with Gasteiger partial charge < -0.3 is 15.2 Å². The van der Waals surface area contributed by atoms with Crippen LogP contribution >= 0.6 is 0 Å². The largest absolute Gasteiger partial charge is 0.371 e. The van der Waals surface area contributed by atoms with Crippen LogP contribution in [0.25, 0.3) is 0 Å². The van der Waals surface area contributed by atoms with Gasteiger partial charge in [-0.1, -0.05) is 6.92 Å². The molecule has 1 atom stereocenters. The van der Waals surface area contributed by atoms with E-state index in [1.807, 2.05) is 0 Å². The van der Waals surface area contributed by atoms with E-state index in [1.54, 1.807) is 0 Å². The van der Waals surface area contributed by atoms with Crippen molar-refractivity contribution in [2.24, 2.45) is 11.7 Å². The quantitative estimate of drug-likeness (QED) is 0.840. The van der Waals surface area contributed by atoms with Gasteiger partial charge in [0.2, 0.25) is 0 Å². The van der Waals surface area contributed by atoms with Crippen molar-refractivity contribution in [3.63, 3.8) is 0 Å². The van der Waals surface area contributed by atoms with E-state index < -0.39 is 0 Å². The van der Waals surface area contributed by atoms with Gasteiger partial charge in [0.05, 0.1) is 23.9 Å². The highest BCUT2D eigenvalue weighted by Gasteiger charge is 2.37. The molecule has 1 saturated heterocycles. The molecule has 3 heteroatoms. The maximum Gasteiger partial charge on any atom is 0.0817 e. The summed E-state index contributed by atoms with van der Waals surface area (Å²) in [7, 11) is 0. The Hall–Kier alpha value is -0.120. The molecule has 18 heavy (non-hydrogen) atoms. The van der Waals surface area contributed by atoms with Crippen LogP contribution in [-0.4, -0.2) is 30.5 Å². The van der Waals surface area contributed by atoms with Crippen molar-refractivity contribution >= 4 is 0 Å². The van der Waals surface area contributed by atoms with Gasteiger partial charge in [0.25, 0.3) is 0 Å². The van der Waals surface area contributed by atoms with E-state index in [-0.39, 0.29) is 17.3 Å². The van der Waals surface area contributed by atoms with Crippen molar-refractivity contribution in [2.75, 3.05) is 13.2 Å². The zero-order valence-electron chi connectivity index (χ0n) is 12.2. The maximum atomic E-state index is 6.20. The second-order valence-corrected chi connectivity index (χ2v) is 6.92. The highest BCUT2D eigenvalue weighted by Crippen LogP contribution is 2.36. The predicted molar refractivity (Wildman–Crippen MR) is 73.6 cm³/mol. The van der Waals surface area contributed by atoms with E-state index in [0.29, 0.717) is 6.54 Å². The molecule has 1 heterocycles. The lowest BCUT2D eigenvalue weighted by Gasteiger charge is -2.39. The summed E-state index contributed by atoms with van der Waals surface area (Å²) < 4.78 is 12.2. The van der Waals surface area contributed by atoms with Crippen LogP contribution < -0.4 is 5.73 Å². The van der Waals surface area contributed by atoms with Gasteiger partial charge >= 0.3 is 0 Å². The standard InChI is InChI=1S/C15H29NO2/c1-12-4-8-15(11-16,9-5-12)17-10-13-6-7-14(2,3)18-13/h12-13H,4-11,16H2,1-3H3. The summed E-state index contributed by atoms with van der Waals surface area (Å²) >= 11 is 0. The molecule has 1 unspecified atom stereocenters. The summed E-state index contributed by atoms with van der Waals surface area (Å²) in [5, 5.41) is 0. The normalized spacial score (nSPS) is 40.0. The first-order valence-electron chi connectivity index (χ1n) is 7.47. The smallest absolute Gasteiger partial charge is 0.0817 e. The lowest BCUT2D eigenvalue weighted by atomic mass is 9.79. The lowest BCUT2D eigenvalue weighted by Crippen LogP contribution is -2.45. The van der Waals surface area contributed by atoms with Crippen LogP contribution in [0, 0.1) is 5.92 Å². The second kappa shape index (κ2) is 5.48. The number of hydrogen-bond acceptors (Lipinski definition) is 3. The molecule has 0 spiro atoms. The number of rotatable bonds is 4. The third-order valence-electron chi connectivity index (χ3n) is 4.69. The molecule has 106 valence electrons. The summed E-state index contributed by atoms with van der Waals surface area (Å²) in [4.78, 5) is 0. The van der Waals surface area contributed by atoms with Crippen molar-refractivity contribution in [2.45, 2.75) is 76.6 Å². The SMILES string of the molecule is CC1CCC(CN)(OCC2CCC(C)(C)O2)CC1. The van der Waals surface area contributed by atoms with E-state index in [0.717, 1.165) is 38.2 Å². The van der Waals surface area contributed by atoms with Crippen LogP contribution in [0.3, 0.4) is 0 Å². The number of nitrogens with two attached hydrogens (primary N) is 1. The fourth-order valence-corrected chi connectivity index (χ4v) is 3.16. The summed E-state index contributed by atoms with van der Waals surface area (Å²) in [6.45, 7) is 8.01. The maximum absolute atomic E-state index is 6.20. The minimum absolute atomic E-state index is 0.0327. The Morgan fingerprint density at radius 1 is 1.17 bits per heavy atom. The van der Waals surface area contributed by atoms with Gasteiger partial charge in [-0.05, 0) is 58.3 Å². The summed E-state index contributed by atoms with van der Waals surface area (Å²) in [5.41, 5.74) is 5.92. The summed E-state index contributed by atoms with van der Waals surface area (Å²) in [6.07, 6.45) is 7.23. The first-order chi connectivity index (χ1) is 8.45. The summed E-state index contributed by atoms with van der Waals surface area (Å²) in [5.74, 6) is 0.829. The first-order valence-corrected chi connectivity index (χ1v) is 7.47. The van der Waals surface area contributed by atoms with E-state index in [4.69, 9.17) is 15.2 Å². The van der Waals surface area contributed by atoms with Crippen molar-refractivity contribution in [1.82, 2.24) is 0 Å². The van der Waals surface area contributed by atoms with Crippen molar-refractivity contribution in [3.8, 4) is 0 Å². The Morgan fingerprint density at radius 3 is 2.33 bits per heavy atom. The van der Waals surface area contributed by atoms with Gasteiger partial charge in [-0.25, -0.2) is 0 Å². The fraction of sp³-hybridized carbons (Fsp3) is 1.00. The minimum Gasteiger partial charge on any atom is -0.371 e. The van der Waals surface area contributed by atoms with Gasteiger partial charge in [0, 0.05) is 6.54 Å². The molecule has 0 amide bonds. The van der Waals surface area contributed by atoms with Crippen molar-refractivity contribution in [1.29, 1.82) is 0 Å². The topological polar surface area (TPSA) is 44.5 Å². The summed E-state index contributed by atoms with van der Waals surface area (Å²) in [6, 6.07) is 0. The van der Waals surface area contributed by atoms with E-state index in [1.165, 1.54) is 12.8 Å². The highest BCUT2D eigenvalue weighted by atomic mass is 16.6. The Kier molecular flexibility index (Phi) is 4.35. The molecule has 2 aliphatic rings. The zero-order valence-corrected chi connectivity index (χ0v) is 12.2. The van der Waals surface area contributed by atoms with Gasteiger partial charge in [-0.15, -0.1) is 0 Å². The molecule has 0 aromatic rings. The predicted octanol–water partition coefficient (Wildman–Crippen LogP) is 2.87. The van der Waals surface area contributed by atoms with E-state index in [2.05, 4.69) is 20.8 Å². The van der Waals surface area contributed by atoms with Crippen LogP contribution in [0.5, 0.6) is 0 Å². The monoisotopic (exact) mass is 255 g/mol. The Bertz CT molecular complexity index is 270. The minimum atomic E-state index is -0.0669. The van der Waals surface area contributed by atoms with Crippen molar-refractivity contribution < 1.29 is 9.47 Å². The molecule has 1 aliphatic heterocycles. The molecule has 0 radical (unpaired) electrons. The zero-order chi connectivity index (χ0) is 13.2. The van der Waals surface area contributed by atoms with Gasteiger partial charge in [0.15, 0.2) is 0 Å². The third-order valence-corrected chi connectivity index (χ3v) is 4.69. The molecule has 1 saturated carbocycles. The third kappa shape index (κ3) is 3.46. The van der Waals surface area contributed by atoms with Crippen LogP contribution in [0.15, 0.2) is 0 Å². The highest BCUT2D eigenvalue weighted by molar-refractivity contribution is 4.88. The van der Waals surface area contributed by atoms with E-state index in [9.17, 15) is 0 Å². The average molecular weight is 255 g/mol. The molecule has 3 nitrogen and oxygen atoms in total. The van der Waals surface area contributed by atoms with Gasteiger partial charge in [-0.2, -0.15) is 0 Å². The molecule has 0 bridgehead atoms. The number of hydrogen-bond donors (Lipinski definition) is 1. The first kappa shape index (κ1) is 14.3. The molecule has 0 aromatic carbocycles. The molecule has 2 fully saturated rings. The molecular formula is C15H29NO2. The lowest BCUT2D eigenvalue weighted by molar-refractivity contribution is -0.120. The molecule has 2 rings (SSSR count). The fourth-order valence-electron chi connectivity index (χ4n) is 3.16. The van der Waals surface area contributed by atoms with Crippen molar-refractivity contribution in [3.05, 3.63) is 0 Å². The van der Waals surface area contributed by atoms with Crippen LogP contribution in [0.4, 0.5) is 0 Å². The Balaban J connectivity index is 1.81. The van der Waals surface area contributed by atoms with Crippen LogP contribution in [0.2, 0.25) is 0 Å². The number of ether oxygens (including phenoxy) is 2. The molecule has 2 N–H and O–H groups in total.